The fourth-order valence-electron chi connectivity index (χ4n) is 0.258. The van der Waals surface area contributed by atoms with Crippen LogP contribution < -0.4 is 0 Å². The Labute approximate surface area is 46.4 Å². The van der Waals surface area contributed by atoms with Gasteiger partial charge in [0.05, 0.1) is 5.53 Å². The van der Waals surface area contributed by atoms with E-state index in [-0.39, 0.29) is 6.42 Å². The van der Waals surface area contributed by atoms with Crippen molar-refractivity contribution in [3.8, 4) is 0 Å². The number of rotatable bonds is 2. The van der Waals surface area contributed by atoms with E-state index in [4.69, 9.17) is 10.6 Å². The minimum atomic E-state index is -0.946. The van der Waals surface area contributed by atoms with Crippen molar-refractivity contribution in [3.05, 3.63) is 0 Å². The largest absolute Gasteiger partial charge is 0.481 e. The molecule has 0 aromatic carbocycles. The maximum absolute atomic E-state index is 9.80. The molecule has 0 radical (unpaired) electrons. The molecular formula is C4H7N2O2+. The zero-order chi connectivity index (χ0) is 6.57. The van der Waals surface area contributed by atoms with Gasteiger partial charge in [-0.3, -0.25) is 4.79 Å². The van der Waals surface area contributed by atoms with E-state index in [0.29, 0.717) is 5.71 Å². The standard InChI is InChI=1S/C4H6N2O2/c1-3(6-5)2-4(7)8/h5H,2H2,1H3/p+1. The van der Waals surface area contributed by atoms with E-state index in [9.17, 15) is 4.79 Å². The molecule has 0 amide bonds. The summed E-state index contributed by atoms with van der Waals surface area (Å²) in [4.78, 5) is 12.7. The maximum atomic E-state index is 9.80. The Hall–Kier alpha value is -1.15. The molecule has 0 saturated heterocycles. The van der Waals surface area contributed by atoms with Crippen LogP contribution in [0, 0.1) is 5.53 Å². The van der Waals surface area contributed by atoms with Crippen LogP contribution in [0.15, 0.2) is 0 Å². The van der Waals surface area contributed by atoms with Gasteiger partial charge in [0, 0.05) is 11.7 Å². The van der Waals surface area contributed by atoms with Crippen LogP contribution >= 0.6 is 0 Å². The van der Waals surface area contributed by atoms with Crippen LogP contribution in [-0.2, 0) is 4.79 Å². The van der Waals surface area contributed by atoms with Crippen LogP contribution in [0.4, 0.5) is 0 Å². The van der Waals surface area contributed by atoms with Crippen LogP contribution in [0.25, 0.3) is 0 Å². The molecule has 0 fully saturated rings. The molecule has 0 aliphatic rings. The van der Waals surface area contributed by atoms with Crippen molar-refractivity contribution >= 4 is 11.7 Å². The first-order chi connectivity index (χ1) is 3.66. The first-order valence-corrected chi connectivity index (χ1v) is 2.08. The van der Waals surface area contributed by atoms with Gasteiger partial charge in [-0.05, 0) is 0 Å². The number of nitrogens with zero attached hydrogens (tertiary/aromatic N) is 1. The first-order valence-electron chi connectivity index (χ1n) is 2.08. The lowest BCUT2D eigenvalue weighted by Crippen LogP contribution is -2.02. The lowest BCUT2D eigenvalue weighted by atomic mass is 10.3. The minimum Gasteiger partial charge on any atom is -0.481 e. The Kier molecular flexibility index (Phi) is 2.51. The first kappa shape index (κ1) is 6.85. The monoisotopic (exact) mass is 115 g/mol. The van der Waals surface area contributed by atoms with Crippen molar-refractivity contribution in [3.63, 3.8) is 0 Å². The van der Waals surface area contributed by atoms with Crippen LogP contribution in [-0.4, -0.2) is 21.6 Å². The smallest absolute Gasteiger partial charge is 0.326 e. The van der Waals surface area contributed by atoms with Gasteiger partial charge in [0.15, 0.2) is 0 Å². The van der Waals surface area contributed by atoms with E-state index in [0.717, 1.165) is 0 Å². The van der Waals surface area contributed by atoms with E-state index < -0.39 is 5.97 Å². The van der Waals surface area contributed by atoms with Gasteiger partial charge in [-0.1, -0.05) is 0 Å². The van der Waals surface area contributed by atoms with E-state index in [1.54, 1.807) is 0 Å². The SMILES string of the molecule is CC(CC(=O)O)=[N+]=N. The van der Waals surface area contributed by atoms with Gasteiger partial charge in [0.25, 0.3) is 0 Å². The second-order valence-corrected chi connectivity index (χ2v) is 1.42. The fourth-order valence-corrected chi connectivity index (χ4v) is 0.258. The molecule has 0 heterocycles. The van der Waals surface area contributed by atoms with Crippen molar-refractivity contribution in [1.29, 1.82) is 5.53 Å². The molecule has 0 aliphatic carbocycles. The summed E-state index contributed by atoms with van der Waals surface area (Å²) < 4.78 is 0. The molecule has 4 heteroatoms. The highest BCUT2D eigenvalue weighted by molar-refractivity contribution is 5.93. The molecular weight excluding hydrogens is 108 g/mol. The summed E-state index contributed by atoms with van der Waals surface area (Å²) in [6.07, 6.45) is -0.135. The van der Waals surface area contributed by atoms with E-state index in [1.807, 2.05) is 0 Å². The third kappa shape index (κ3) is 3.06. The highest BCUT2D eigenvalue weighted by Gasteiger charge is 2.07. The summed E-state index contributed by atoms with van der Waals surface area (Å²) >= 11 is 0. The molecule has 0 saturated carbocycles. The van der Waals surface area contributed by atoms with Crippen LogP contribution in [0.5, 0.6) is 0 Å². The molecule has 0 aliphatic heterocycles. The molecule has 0 spiro atoms. The normalized spacial score (nSPS) is 7.62. The Morgan fingerprint density at radius 1 is 1.88 bits per heavy atom. The minimum absolute atomic E-state index is 0.135. The second-order valence-electron chi connectivity index (χ2n) is 1.42. The molecule has 2 N–H and O–H groups in total. The van der Waals surface area contributed by atoms with Gasteiger partial charge in [-0.2, -0.15) is 0 Å². The Bertz CT molecular complexity index is 146. The Morgan fingerprint density at radius 3 is 2.50 bits per heavy atom. The lowest BCUT2D eigenvalue weighted by molar-refractivity contribution is -0.140. The topological polar surface area (TPSA) is 75.2 Å². The zero-order valence-electron chi connectivity index (χ0n) is 4.51. The number of hydrogen-bond donors (Lipinski definition) is 2. The summed E-state index contributed by atoms with van der Waals surface area (Å²) in [6, 6.07) is 0. The lowest BCUT2D eigenvalue weighted by Gasteiger charge is -1.75. The van der Waals surface area contributed by atoms with Gasteiger partial charge in [-0.15, -0.1) is 0 Å². The number of aliphatic carboxylic acids is 1. The summed E-state index contributed by atoms with van der Waals surface area (Å²) in [5.41, 5.74) is 6.64. The predicted octanol–water partition coefficient (Wildman–Crippen LogP) is 0.161. The number of hydrogen-bond acceptors (Lipinski definition) is 2. The quantitative estimate of drug-likeness (QED) is 0.305. The number of nitrogens with one attached hydrogen (secondary N) is 1. The highest BCUT2D eigenvalue weighted by Crippen LogP contribution is 1.78. The average Bonchev–Trinajstić information content (AvgIpc) is 1.65. The Morgan fingerprint density at radius 2 is 2.38 bits per heavy atom. The van der Waals surface area contributed by atoms with E-state index >= 15 is 0 Å². The van der Waals surface area contributed by atoms with Gasteiger partial charge in [-0.25, -0.2) is 0 Å². The summed E-state index contributed by atoms with van der Waals surface area (Å²) in [5.74, 6) is -0.946. The summed E-state index contributed by atoms with van der Waals surface area (Å²) in [6.45, 7) is 1.50. The molecule has 44 valence electrons. The zero-order valence-corrected chi connectivity index (χ0v) is 4.51. The third-order valence-corrected chi connectivity index (χ3v) is 0.598. The number of carboxylic acid groups (broad SMARTS) is 1. The molecule has 4 nitrogen and oxygen atoms in total. The third-order valence-electron chi connectivity index (χ3n) is 0.598. The van der Waals surface area contributed by atoms with Crippen LogP contribution in [0.3, 0.4) is 0 Å². The molecule has 0 aromatic heterocycles. The van der Waals surface area contributed by atoms with Crippen LogP contribution in [0.1, 0.15) is 13.3 Å². The molecule has 0 unspecified atom stereocenters. The highest BCUT2D eigenvalue weighted by atomic mass is 16.4. The molecule has 0 atom stereocenters. The maximum Gasteiger partial charge on any atom is 0.326 e. The molecule has 0 rings (SSSR count). The molecule has 0 bridgehead atoms. The summed E-state index contributed by atoms with van der Waals surface area (Å²) in [5, 5.41) is 8.05. The van der Waals surface area contributed by atoms with Gasteiger partial charge in [0.1, 0.15) is 6.42 Å². The van der Waals surface area contributed by atoms with Crippen molar-refractivity contribution < 1.29 is 14.7 Å². The van der Waals surface area contributed by atoms with Crippen molar-refractivity contribution in [2.24, 2.45) is 0 Å². The van der Waals surface area contributed by atoms with Gasteiger partial charge < -0.3 is 5.11 Å². The van der Waals surface area contributed by atoms with Crippen molar-refractivity contribution in [1.82, 2.24) is 0 Å². The number of carboxylic acids is 1. The molecule has 0 aromatic rings. The number of carbonyl (C=O) groups is 1. The van der Waals surface area contributed by atoms with Crippen molar-refractivity contribution in [2.75, 3.05) is 0 Å². The average molecular weight is 115 g/mol. The fraction of sp³-hybridized carbons (Fsp3) is 0.500. The van der Waals surface area contributed by atoms with Crippen molar-refractivity contribution in [2.45, 2.75) is 13.3 Å². The van der Waals surface area contributed by atoms with E-state index in [2.05, 4.69) is 4.79 Å². The predicted molar refractivity (Wildman–Crippen MR) is 25.9 cm³/mol. The van der Waals surface area contributed by atoms with Gasteiger partial charge in [0.2, 0.25) is 0 Å². The van der Waals surface area contributed by atoms with E-state index in [1.165, 1.54) is 6.92 Å². The van der Waals surface area contributed by atoms with Gasteiger partial charge >= 0.3 is 11.7 Å². The molecule has 8 heavy (non-hydrogen) atoms. The Balaban J connectivity index is 3.74. The van der Waals surface area contributed by atoms with Crippen LogP contribution in [0.2, 0.25) is 0 Å². The summed E-state index contributed by atoms with van der Waals surface area (Å²) in [7, 11) is 0. The second kappa shape index (κ2) is 2.93.